The van der Waals surface area contributed by atoms with Gasteiger partial charge in [-0.25, -0.2) is 4.39 Å². The molecule has 0 saturated carbocycles. The van der Waals surface area contributed by atoms with Crippen molar-refractivity contribution in [1.82, 2.24) is 5.32 Å². The van der Waals surface area contributed by atoms with Crippen LogP contribution in [0.5, 0.6) is 0 Å². The molecular formula is C12H14FNO2. The Labute approximate surface area is 93.6 Å². The molecule has 16 heavy (non-hydrogen) atoms. The first-order valence-electron chi connectivity index (χ1n) is 5.31. The molecule has 86 valence electrons. The Bertz CT molecular complexity index is 400. The third-order valence-corrected chi connectivity index (χ3v) is 2.68. The number of rotatable bonds is 2. The SMILES string of the molecule is Cc1ccc(C(=O)C2CNCCO2)cc1F. The average molecular weight is 223 g/mol. The first-order valence-corrected chi connectivity index (χ1v) is 5.31. The molecule has 2 rings (SSSR count). The monoisotopic (exact) mass is 223 g/mol. The predicted octanol–water partition coefficient (Wildman–Crippen LogP) is 1.31. The molecule has 1 unspecified atom stereocenters. The van der Waals surface area contributed by atoms with Gasteiger partial charge >= 0.3 is 0 Å². The van der Waals surface area contributed by atoms with Crippen molar-refractivity contribution in [3.8, 4) is 0 Å². The number of halogens is 1. The van der Waals surface area contributed by atoms with Crippen LogP contribution in [0, 0.1) is 12.7 Å². The first kappa shape index (κ1) is 11.2. The van der Waals surface area contributed by atoms with Crippen LogP contribution in [0.15, 0.2) is 18.2 Å². The third kappa shape index (κ3) is 2.28. The number of benzene rings is 1. The van der Waals surface area contributed by atoms with Crippen LogP contribution < -0.4 is 5.32 Å². The minimum Gasteiger partial charge on any atom is -0.367 e. The van der Waals surface area contributed by atoms with Gasteiger partial charge in [0.1, 0.15) is 11.9 Å². The molecule has 0 amide bonds. The Hall–Kier alpha value is -1.26. The second-order valence-corrected chi connectivity index (χ2v) is 3.89. The molecule has 0 radical (unpaired) electrons. The van der Waals surface area contributed by atoms with E-state index in [9.17, 15) is 9.18 Å². The van der Waals surface area contributed by atoms with E-state index in [4.69, 9.17) is 4.74 Å². The maximum Gasteiger partial charge on any atom is 0.192 e. The normalized spacial score (nSPS) is 20.8. The van der Waals surface area contributed by atoms with Gasteiger partial charge in [0.15, 0.2) is 5.78 Å². The fourth-order valence-electron chi connectivity index (χ4n) is 1.67. The molecule has 1 fully saturated rings. The van der Waals surface area contributed by atoms with Gasteiger partial charge in [0.2, 0.25) is 0 Å². The van der Waals surface area contributed by atoms with Crippen molar-refractivity contribution in [2.75, 3.05) is 19.7 Å². The molecule has 0 aliphatic carbocycles. The number of ether oxygens (including phenoxy) is 1. The molecule has 1 aliphatic rings. The summed E-state index contributed by atoms with van der Waals surface area (Å²) in [7, 11) is 0. The minimum absolute atomic E-state index is 0.161. The summed E-state index contributed by atoms with van der Waals surface area (Å²) in [5, 5.41) is 3.07. The van der Waals surface area contributed by atoms with Crippen LogP contribution in [-0.4, -0.2) is 31.6 Å². The predicted molar refractivity (Wildman–Crippen MR) is 58.1 cm³/mol. The van der Waals surface area contributed by atoms with Crippen LogP contribution in [0.25, 0.3) is 0 Å². The van der Waals surface area contributed by atoms with Crippen molar-refractivity contribution in [3.63, 3.8) is 0 Å². The molecule has 1 saturated heterocycles. The standard InChI is InChI=1S/C12H14FNO2/c1-8-2-3-9(6-10(8)13)12(15)11-7-14-4-5-16-11/h2-3,6,11,14H,4-5,7H2,1H3. The number of aryl methyl sites for hydroxylation is 1. The lowest BCUT2D eigenvalue weighted by atomic mass is 10.0. The molecule has 4 heteroatoms. The maximum absolute atomic E-state index is 13.3. The Balaban J connectivity index is 2.16. The number of morpholine rings is 1. The van der Waals surface area contributed by atoms with Crippen LogP contribution in [0.1, 0.15) is 15.9 Å². The highest BCUT2D eigenvalue weighted by Gasteiger charge is 2.23. The van der Waals surface area contributed by atoms with Crippen LogP contribution in [-0.2, 0) is 4.74 Å². The van der Waals surface area contributed by atoms with Gasteiger partial charge in [0.05, 0.1) is 6.61 Å². The summed E-state index contributed by atoms with van der Waals surface area (Å²) in [5.74, 6) is -0.513. The Morgan fingerprint density at radius 1 is 1.56 bits per heavy atom. The number of hydrogen-bond donors (Lipinski definition) is 1. The van der Waals surface area contributed by atoms with Gasteiger partial charge in [-0.3, -0.25) is 4.79 Å². The molecule has 3 nitrogen and oxygen atoms in total. The summed E-state index contributed by atoms with van der Waals surface area (Å²) in [4.78, 5) is 11.9. The van der Waals surface area contributed by atoms with Crippen LogP contribution in [0.2, 0.25) is 0 Å². The first-order chi connectivity index (χ1) is 7.68. The van der Waals surface area contributed by atoms with E-state index in [1.165, 1.54) is 6.07 Å². The number of Topliss-reactive ketones (excluding diaryl/α,β-unsaturated/α-hetero) is 1. The number of hydrogen-bond acceptors (Lipinski definition) is 3. The van der Waals surface area contributed by atoms with Crippen molar-refractivity contribution >= 4 is 5.78 Å². The number of carbonyl (C=O) groups excluding carboxylic acids is 1. The summed E-state index contributed by atoms with van der Waals surface area (Å²) in [6, 6.07) is 4.52. The van der Waals surface area contributed by atoms with Crippen molar-refractivity contribution in [2.24, 2.45) is 0 Å². The molecule has 1 aliphatic heterocycles. The molecule has 1 aromatic rings. The van der Waals surface area contributed by atoms with E-state index in [2.05, 4.69) is 5.32 Å². The van der Waals surface area contributed by atoms with Gasteiger partial charge in [-0.2, -0.15) is 0 Å². The average Bonchev–Trinajstić information content (AvgIpc) is 2.33. The van der Waals surface area contributed by atoms with E-state index < -0.39 is 6.10 Å². The lowest BCUT2D eigenvalue weighted by Gasteiger charge is -2.22. The second kappa shape index (κ2) is 4.72. The van der Waals surface area contributed by atoms with Gasteiger partial charge in [-0.05, 0) is 18.6 Å². The Morgan fingerprint density at radius 2 is 2.38 bits per heavy atom. The Morgan fingerprint density at radius 3 is 3.00 bits per heavy atom. The minimum atomic E-state index is -0.490. The van der Waals surface area contributed by atoms with Gasteiger partial charge in [0, 0.05) is 18.7 Å². The lowest BCUT2D eigenvalue weighted by Crippen LogP contribution is -2.43. The molecule has 1 heterocycles. The van der Waals surface area contributed by atoms with Crippen LogP contribution in [0.3, 0.4) is 0 Å². The highest BCUT2D eigenvalue weighted by molar-refractivity contribution is 5.99. The second-order valence-electron chi connectivity index (χ2n) is 3.89. The molecule has 0 spiro atoms. The Kier molecular flexibility index (Phi) is 3.31. The largest absolute Gasteiger partial charge is 0.367 e. The van der Waals surface area contributed by atoms with E-state index in [1.54, 1.807) is 19.1 Å². The molecule has 1 N–H and O–H groups in total. The summed E-state index contributed by atoms with van der Waals surface area (Å²) >= 11 is 0. The third-order valence-electron chi connectivity index (χ3n) is 2.68. The van der Waals surface area contributed by atoms with Crippen LogP contribution in [0.4, 0.5) is 4.39 Å². The number of nitrogens with one attached hydrogen (secondary N) is 1. The van der Waals surface area contributed by atoms with Crippen LogP contribution >= 0.6 is 0 Å². The van der Waals surface area contributed by atoms with Crippen molar-refractivity contribution in [3.05, 3.63) is 35.1 Å². The molecule has 1 atom stereocenters. The summed E-state index contributed by atoms with van der Waals surface area (Å²) in [6.07, 6.45) is -0.490. The van der Waals surface area contributed by atoms with E-state index in [-0.39, 0.29) is 11.6 Å². The van der Waals surface area contributed by atoms with Crippen molar-refractivity contribution in [1.29, 1.82) is 0 Å². The van der Waals surface area contributed by atoms with Crippen molar-refractivity contribution < 1.29 is 13.9 Å². The molecule has 1 aromatic carbocycles. The van der Waals surface area contributed by atoms with E-state index in [0.717, 1.165) is 6.54 Å². The number of carbonyl (C=O) groups is 1. The van der Waals surface area contributed by atoms with E-state index >= 15 is 0 Å². The topological polar surface area (TPSA) is 38.3 Å². The summed E-state index contributed by atoms with van der Waals surface area (Å²) in [5.41, 5.74) is 0.913. The van der Waals surface area contributed by atoms with Gasteiger partial charge in [0.25, 0.3) is 0 Å². The van der Waals surface area contributed by atoms with Gasteiger partial charge in [-0.15, -0.1) is 0 Å². The van der Waals surface area contributed by atoms with Gasteiger partial charge < -0.3 is 10.1 Å². The number of ketones is 1. The molecule has 0 bridgehead atoms. The fraction of sp³-hybridized carbons (Fsp3) is 0.417. The zero-order valence-corrected chi connectivity index (χ0v) is 9.13. The van der Waals surface area contributed by atoms with Gasteiger partial charge in [-0.1, -0.05) is 12.1 Å². The summed E-state index contributed by atoms with van der Waals surface area (Å²) in [6.45, 7) is 3.44. The van der Waals surface area contributed by atoms with E-state index in [0.29, 0.717) is 24.3 Å². The molecular weight excluding hydrogens is 209 g/mol. The quantitative estimate of drug-likeness (QED) is 0.768. The highest BCUT2D eigenvalue weighted by atomic mass is 19.1. The smallest absolute Gasteiger partial charge is 0.192 e. The van der Waals surface area contributed by atoms with Crippen molar-refractivity contribution in [2.45, 2.75) is 13.0 Å². The highest BCUT2D eigenvalue weighted by Crippen LogP contribution is 2.13. The fourth-order valence-corrected chi connectivity index (χ4v) is 1.67. The molecule has 0 aromatic heterocycles. The lowest BCUT2D eigenvalue weighted by molar-refractivity contribution is 0.0269. The zero-order chi connectivity index (χ0) is 11.5. The maximum atomic E-state index is 13.3. The summed E-state index contributed by atoms with van der Waals surface area (Å²) < 4.78 is 18.6. The van der Waals surface area contributed by atoms with E-state index in [1.807, 2.05) is 0 Å². The zero-order valence-electron chi connectivity index (χ0n) is 9.13.